The van der Waals surface area contributed by atoms with Gasteiger partial charge in [-0.1, -0.05) is 25.7 Å². The van der Waals surface area contributed by atoms with Crippen LogP contribution in [0.5, 0.6) is 0 Å². The van der Waals surface area contributed by atoms with Crippen molar-refractivity contribution in [1.29, 1.82) is 0 Å². The smallest absolute Gasteiger partial charge is 0.224 e. The average molecular weight is 238 g/mol. The predicted octanol–water partition coefficient (Wildman–Crippen LogP) is 2.07. The molecule has 1 unspecified atom stereocenters. The molecule has 1 amide bonds. The van der Waals surface area contributed by atoms with E-state index in [9.17, 15) is 4.79 Å². The molecule has 3 nitrogen and oxygen atoms in total. The summed E-state index contributed by atoms with van der Waals surface area (Å²) in [5.41, 5.74) is 0. The summed E-state index contributed by atoms with van der Waals surface area (Å²) in [4.78, 5) is 12.0. The van der Waals surface area contributed by atoms with Gasteiger partial charge in [-0.2, -0.15) is 0 Å². The number of carbonyl (C=O) groups excluding carboxylic acids is 1. The monoisotopic (exact) mass is 238 g/mol. The first-order chi connectivity index (χ1) is 8.27. The van der Waals surface area contributed by atoms with Crippen LogP contribution in [-0.4, -0.2) is 25.0 Å². The van der Waals surface area contributed by atoms with E-state index < -0.39 is 0 Å². The molecule has 0 aromatic carbocycles. The third-order valence-electron chi connectivity index (χ3n) is 4.41. The lowest BCUT2D eigenvalue weighted by Gasteiger charge is -2.24. The van der Waals surface area contributed by atoms with Gasteiger partial charge in [0.1, 0.15) is 0 Å². The van der Waals surface area contributed by atoms with Gasteiger partial charge in [0.2, 0.25) is 5.91 Å². The lowest BCUT2D eigenvalue weighted by Crippen LogP contribution is -2.41. The molecule has 0 radical (unpaired) electrons. The SMILES string of the molecule is C[C@@H](NC(=O)C1CCNC1)C1CCCCCC1. The Morgan fingerprint density at radius 3 is 2.47 bits per heavy atom. The fraction of sp³-hybridized carbons (Fsp3) is 0.929. The van der Waals surface area contributed by atoms with Gasteiger partial charge in [0.05, 0.1) is 5.92 Å². The van der Waals surface area contributed by atoms with Crippen molar-refractivity contribution in [3.8, 4) is 0 Å². The Bertz CT molecular complexity index is 241. The van der Waals surface area contributed by atoms with Gasteiger partial charge in [0, 0.05) is 12.6 Å². The van der Waals surface area contributed by atoms with Gasteiger partial charge in [-0.3, -0.25) is 4.79 Å². The largest absolute Gasteiger partial charge is 0.353 e. The molecule has 3 heteroatoms. The fourth-order valence-electron chi connectivity index (χ4n) is 3.15. The first kappa shape index (κ1) is 12.9. The standard InChI is InChI=1S/C14H26N2O/c1-11(12-6-4-2-3-5-7-12)16-14(17)13-8-9-15-10-13/h11-13,15H,2-10H2,1H3,(H,16,17)/t11-,13?/m1/s1. The van der Waals surface area contributed by atoms with Gasteiger partial charge in [0.15, 0.2) is 0 Å². The summed E-state index contributed by atoms with van der Waals surface area (Å²) in [5, 5.41) is 6.50. The maximum absolute atomic E-state index is 12.0. The summed E-state index contributed by atoms with van der Waals surface area (Å²) in [6.45, 7) is 4.05. The van der Waals surface area contributed by atoms with Crippen LogP contribution in [0.4, 0.5) is 0 Å². The number of amides is 1. The molecule has 1 saturated heterocycles. The molecule has 2 N–H and O–H groups in total. The molecular weight excluding hydrogens is 212 g/mol. The number of hydrogen-bond acceptors (Lipinski definition) is 2. The van der Waals surface area contributed by atoms with Gasteiger partial charge >= 0.3 is 0 Å². The number of rotatable bonds is 3. The van der Waals surface area contributed by atoms with Crippen LogP contribution in [-0.2, 0) is 4.79 Å². The van der Waals surface area contributed by atoms with Crippen molar-refractivity contribution >= 4 is 5.91 Å². The van der Waals surface area contributed by atoms with E-state index in [0.29, 0.717) is 12.0 Å². The molecule has 98 valence electrons. The number of carbonyl (C=O) groups is 1. The normalized spacial score (nSPS) is 28.6. The third kappa shape index (κ3) is 3.70. The van der Waals surface area contributed by atoms with Crippen molar-refractivity contribution in [2.24, 2.45) is 11.8 Å². The molecule has 0 aromatic rings. The van der Waals surface area contributed by atoms with Crippen LogP contribution in [0.3, 0.4) is 0 Å². The Hall–Kier alpha value is -0.570. The minimum atomic E-state index is 0.211. The van der Waals surface area contributed by atoms with E-state index >= 15 is 0 Å². The highest BCUT2D eigenvalue weighted by atomic mass is 16.2. The first-order valence-corrected chi connectivity index (χ1v) is 7.28. The van der Waals surface area contributed by atoms with Crippen LogP contribution < -0.4 is 10.6 Å². The van der Waals surface area contributed by atoms with Crippen molar-refractivity contribution in [3.05, 3.63) is 0 Å². The van der Waals surface area contributed by atoms with E-state index in [1.165, 1.54) is 38.5 Å². The van der Waals surface area contributed by atoms with Crippen LogP contribution in [0.15, 0.2) is 0 Å². The zero-order chi connectivity index (χ0) is 12.1. The van der Waals surface area contributed by atoms with Gasteiger partial charge in [0.25, 0.3) is 0 Å². The molecule has 2 rings (SSSR count). The Labute approximate surface area is 105 Å². The minimum Gasteiger partial charge on any atom is -0.353 e. The second-order valence-corrected chi connectivity index (χ2v) is 5.74. The molecule has 2 aliphatic rings. The van der Waals surface area contributed by atoms with E-state index in [0.717, 1.165) is 19.5 Å². The highest BCUT2D eigenvalue weighted by Crippen LogP contribution is 2.25. The van der Waals surface area contributed by atoms with Crippen LogP contribution in [0.2, 0.25) is 0 Å². The molecule has 1 aliphatic heterocycles. The molecule has 1 aliphatic carbocycles. The average Bonchev–Trinajstić information content (AvgIpc) is 2.71. The van der Waals surface area contributed by atoms with Crippen LogP contribution in [0.25, 0.3) is 0 Å². The maximum Gasteiger partial charge on any atom is 0.224 e. The molecule has 2 atom stereocenters. The summed E-state index contributed by atoms with van der Waals surface area (Å²) in [6.07, 6.45) is 9.04. The van der Waals surface area contributed by atoms with Crippen molar-refractivity contribution in [3.63, 3.8) is 0 Å². The van der Waals surface area contributed by atoms with Crippen molar-refractivity contribution in [1.82, 2.24) is 10.6 Å². The molecule has 0 bridgehead atoms. The lowest BCUT2D eigenvalue weighted by atomic mass is 9.92. The molecule has 0 spiro atoms. The molecule has 17 heavy (non-hydrogen) atoms. The van der Waals surface area contributed by atoms with Gasteiger partial charge in [-0.15, -0.1) is 0 Å². The quantitative estimate of drug-likeness (QED) is 0.739. The second kappa shape index (κ2) is 6.39. The van der Waals surface area contributed by atoms with Crippen molar-refractivity contribution in [2.75, 3.05) is 13.1 Å². The zero-order valence-electron chi connectivity index (χ0n) is 11.0. The van der Waals surface area contributed by atoms with Crippen LogP contribution >= 0.6 is 0 Å². The number of hydrogen-bond donors (Lipinski definition) is 2. The zero-order valence-corrected chi connectivity index (χ0v) is 11.0. The Balaban J connectivity index is 1.78. The lowest BCUT2D eigenvalue weighted by molar-refractivity contribution is -0.125. The molecular formula is C14H26N2O. The van der Waals surface area contributed by atoms with E-state index in [1.807, 2.05) is 0 Å². The summed E-state index contributed by atoms with van der Waals surface area (Å²) < 4.78 is 0. The van der Waals surface area contributed by atoms with Gasteiger partial charge in [-0.05, 0) is 38.6 Å². The number of nitrogens with one attached hydrogen (secondary N) is 2. The Kier molecular flexibility index (Phi) is 4.84. The highest BCUT2D eigenvalue weighted by Gasteiger charge is 2.26. The highest BCUT2D eigenvalue weighted by molar-refractivity contribution is 5.79. The van der Waals surface area contributed by atoms with Crippen molar-refractivity contribution < 1.29 is 4.79 Å². The molecule has 1 saturated carbocycles. The van der Waals surface area contributed by atoms with E-state index in [-0.39, 0.29) is 11.8 Å². The predicted molar refractivity (Wildman–Crippen MR) is 69.8 cm³/mol. The molecule has 0 aromatic heterocycles. The Morgan fingerprint density at radius 2 is 1.88 bits per heavy atom. The molecule has 1 heterocycles. The topological polar surface area (TPSA) is 41.1 Å². The maximum atomic E-state index is 12.0. The van der Waals surface area contributed by atoms with Crippen molar-refractivity contribution in [2.45, 2.75) is 57.9 Å². The summed E-state index contributed by atoms with van der Waals surface area (Å²) in [6, 6.07) is 0.362. The second-order valence-electron chi connectivity index (χ2n) is 5.74. The summed E-state index contributed by atoms with van der Waals surface area (Å²) >= 11 is 0. The van der Waals surface area contributed by atoms with E-state index in [4.69, 9.17) is 0 Å². The first-order valence-electron chi connectivity index (χ1n) is 7.28. The summed E-state index contributed by atoms with van der Waals surface area (Å²) in [7, 11) is 0. The molecule has 2 fully saturated rings. The van der Waals surface area contributed by atoms with E-state index in [2.05, 4.69) is 17.6 Å². The van der Waals surface area contributed by atoms with Gasteiger partial charge in [-0.25, -0.2) is 0 Å². The minimum absolute atomic E-state index is 0.211. The van der Waals surface area contributed by atoms with Crippen LogP contribution in [0.1, 0.15) is 51.9 Å². The van der Waals surface area contributed by atoms with E-state index in [1.54, 1.807) is 0 Å². The Morgan fingerprint density at radius 1 is 1.18 bits per heavy atom. The summed E-state index contributed by atoms with van der Waals surface area (Å²) in [5.74, 6) is 1.19. The van der Waals surface area contributed by atoms with Crippen LogP contribution in [0, 0.1) is 11.8 Å². The fourth-order valence-corrected chi connectivity index (χ4v) is 3.15. The van der Waals surface area contributed by atoms with Gasteiger partial charge < -0.3 is 10.6 Å². The third-order valence-corrected chi connectivity index (χ3v) is 4.41.